The molecule has 4 nitrogen and oxygen atoms in total. The molecule has 0 atom stereocenters. The van der Waals surface area contributed by atoms with Crippen LogP contribution in [-0.2, 0) is 19.0 Å². The topological polar surface area (TPSA) is 44.8 Å². The Hall–Kier alpha value is -1.19. The first-order valence-corrected chi connectivity index (χ1v) is 5.73. The molecule has 1 aliphatic carbocycles. The maximum Gasteiger partial charge on any atom is 0.344 e. The Kier molecular flexibility index (Phi) is 2.82. The highest BCUT2D eigenvalue weighted by molar-refractivity contribution is 5.88. The fourth-order valence-corrected chi connectivity index (χ4v) is 2.20. The van der Waals surface area contributed by atoms with E-state index < -0.39 is 5.79 Å². The molecule has 0 unspecified atom stereocenters. The van der Waals surface area contributed by atoms with E-state index in [4.69, 9.17) is 14.2 Å². The second-order valence-corrected chi connectivity index (χ2v) is 4.70. The SMILES string of the molecule is COC1=C(C)C(=O)OC2(CCC(C)CC2)O1. The second kappa shape index (κ2) is 4.00. The molecule has 0 bridgehead atoms. The number of carbonyl (C=O) groups is 1. The van der Waals surface area contributed by atoms with Gasteiger partial charge in [0.05, 0.1) is 7.11 Å². The van der Waals surface area contributed by atoms with Crippen LogP contribution in [0.15, 0.2) is 11.5 Å². The van der Waals surface area contributed by atoms with E-state index in [1.54, 1.807) is 6.92 Å². The highest BCUT2D eigenvalue weighted by Gasteiger charge is 2.45. The summed E-state index contributed by atoms with van der Waals surface area (Å²) in [5, 5.41) is 0. The Bertz CT molecular complexity index is 324. The molecule has 0 saturated heterocycles. The van der Waals surface area contributed by atoms with Gasteiger partial charge in [0.25, 0.3) is 11.7 Å². The Balaban J connectivity index is 2.18. The van der Waals surface area contributed by atoms with Gasteiger partial charge in [0, 0.05) is 12.8 Å². The van der Waals surface area contributed by atoms with Crippen LogP contribution in [-0.4, -0.2) is 18.9 Å². The third-order valence-electron chi connectivity index (χ3n) is 3.39. The number of hydrogen-bond acceptors (Lipinski definition) is 4. The van der Waals surface area contributed by atoms with Crippen molar-refractivity contribution in [1.29, 1.82) is 0 Å². The molecule has 0 radical (unpaired) electrons. The minimum absolute atomic E-state index is 0.311. The van der Waals surface area contributed by atoms with Gasteiger partial charge in [0.15, 0.2) is 0 Å². The van der Waals surface area contributed by atoms with Crippen molar-refractivity contribution in [3.05, 3.63) is 11.5 Å². The molecule has 1 saturated carbocycles. The van der Waals surface area contributed by atoms with Gasteiger partial charge in [-0.05, 0) is 25.7 Å². The molecule has 1 aliphatic heterocycles. The third-order valence-corrected chi connectivity index (χ3v) is 3.39. The van der Waals surface area contributed by atoms with E-state index in [-0.39, 0.29) is 5.97 Å². The molecule has 16 heavy (non-hydrogen) atoms. The Morgan fingerprint density at radius 2 is 1.94 bits per heavy atom. The number of rotatable bonds is 1. The highest BCUT2D eigenvalue weighted by Crippen LogP contribution is 2.40. The van der Waals surface area contributed by atoms with E-state index in [2.05, 4.69) is 6.92 Å². The molecular formula is C12H18O4. The summed E-state index contributed by atoms with van der Waals surface area (Å²) in [7, 11) is 1.51. The molecule has 0 N–H and O–H groups in total. The molecule has 90 valence electrons. The minimum atomic E-state index is -0.769. The molecular weight excluding hydrogens is 208 g/mol. The van der Waals surface area contributed by atoms with Crippen molar-refractivity contribution in [3.63, 3.8) is 0 Å². The maximum absolute atomic E-state index is 11.7. The largest absolute Gasteiger partial charge is 0.468 e. The lowest BCUT2D eigenvalue weighted by molar-refractivity contribution is -0.254. The lowest BCUT2D eigenvalue weighted by Gasteiger charge is -2.41. The smallest absolute Gasteiger partial charge is 0.344 e. The van der Waals surface area contributed by atoms with Crippen LogP contribution < -0.4 is 0 Å². The first kappa shape index (κ1) is 11.3. The standard InChI is InChI=1S/C12H18O4/c1-8-4-6-12(7-5-8)15-10(13)9(2)11(14-3)16-12/h8H,4-7H2,1-3H3. The first-order chi connectivity index (χ1) is 7.56. The van der Waals surface area contributed by atoms with Crippen LogP contribution in [0, 0.1) is 5.92 Å². The van der Waals surface area contributed by atoms with E-state index in [9.17, 15) is 4.79 Å². The summed E-state index contributed by atoms with van der Waals surface area (Å²) in [5.74, 6) is -0.108. The molecule has 0 aromatic carbocycles. The van der Waals surface area contributed by atoms with Crippen molar-refractivity contribution in [2.75, 3.05) is 7.11 Å². The molecule has 4 heteroatoms. The minimum Gasteiger partial charge on any atom is -0.468 e. The van der Waals surface area contributed by atoms with Crippen LogP contribution in [0.3, 0.4) is 0 Å². The van der Waals surface area contributed by atoms with Crippen LogP contribution in [0.2, 0.25) is 0 Å². The molecule has 0 amide bonds. The Morgan fingerprint density at radius 1 is 1.31 bits per heavy atom. The summed E-state index contributed by atoms with van der Waals surface area (Å²) in [6.07, 6.45) is 3.53. The Morgan fingerprint density at radius 3 is 2.50 bits per heavy atom. The van der Waals surface area contributed by atoms with Crippen molar-refractivity contribution in [3.8, 4) is 0 Å². The van der Waals surface area contributed by atoms with E-state index in [1.165, 1.54) is 7.11 Å². The van der Waals surface area contributed by atoms with Gasteiger partial charge in [-0.3, -0.25) is 0 Å². The van der Waals surface area contributed by atoms with Gasteiger partial charge in [-0.25, -0.2) is 4.79 Å². The summed E-state index contributed by atoms with van der Waals surface area (Å²) in [4.78, 5) is 11.7. The highest BCUT2D eigenvalue weighted by atomic mass is 16.8. The first-order valence-electron chi connectivity index (χ1n) is 5.73. The maximum atomic E-state index is 11.7. The van der Waals surface area contributed by atoms with Crippen molar-refractivity contribution >= 4 is 5.97 Å². The molecule has 1 heterocycles. The van der Waals surface area contributed by atoms with Gasteiger partial charge in [-0.2, -0.15) is 0 Å². The van der Waals surface area contributed by atoms with Gasteiger partial charge in [0.1, 0.15) is 5.57 Å². The molecule has 1 fully saturated rings. The van der Waals surface area contributed by atoms with Crippen molar-refractivity contribution in [1.82, 2.24) is 0 Å². The van der Waals surface area contributed by atoms with Gasteiger partial charge in [-0.15, -0.1) is 0 Å². The predicted molar refractivity (Wildman–Crippen MR) is 57.2 cm³/mol. The average molecular weight is 226 g/mol. The van der Waals surface area contributed by atoms with Crippen LogP contribution in [0.25, 0.3) is 0 Å². The molecule has 0 aromatic rings. The number of hydrogen-bond donors (Lipinski definition) is 0. The summed E-state index contributed by atoms with van der Waals surface area (Å²) in [5.41, 5.74) is 0.409. The van der Waals surface area contributed by atoms with Crippen molar-refractivity contribution in [2.24, 2.45) is 5.92 Å². The fourth-order valence-electron chi connectivity index (χ4n) is 2.20. The van der Waals surface area contributed by atoms with Crippen molar-refractivity contribution < 1.29 is 19.0 Å². The second-order valence-electron chi connectivity index (χ2n) is 4.70. The molecule has 1 spiro atoms. The average Bonchev–Trinajstić information content (AvgIpc) is 2.28. The molecule has 2 aliphatic rings. The quantitative estimate of drug-likeness (QED) is 0.644. The van der Waals surface area contributed by atoms with Crippen LogP contribution in [0.5, 0.6) is 0 Å². The lowest BCUT2D eigenvalue weighted by Crippen LogP contribution is -2.44. The summed E-state index contributed by atoms with van der Waals surface area (Å²) in [6, 6.07) is 0. The molecule has 0 aromatic heterocycles. The fraction of sp³-hybridized carbons (Fsp3) is 0.750. The summed E-state index contributed by atoms with van der Waals surface area (Å²) < 4.78 is 16.2. The predicted octanol–water partition coefficient (Wildman–Crippen LogP) is 2.34. The molecule has 2 rings (SSSR count). The summed E-state index contributed by atoms with van der Waals surface area (Å²) in [6.45, 7) is 3.86. The van der Waals surface area contributed by atoms with Crippen LogP contribution >= 0.6 is 0 Å². The summed E-state index contributed by atoms with van der Waals surface area (Å²) >= 11 is 0. The van der Waals surface area contributed by atoms with Gasteiger partial charge >= 0.3 is 5.97 Å². The van der Waals surface area contributed by atoms with Crippen molar-refractivity contribution in [2.45, 2.75) is 45.3 Å². The zero-order chi connectivity index (χ0) is 11.8. The zero-order valence-corrected chi connectivity index (χ0v) is 10.0. The van der Waals surface area contributed by atoms with Gasteiger partial charge in [0.2, 0.25) is 0 Å². The van der Waals surface area contributed by atoms with E-state index in [0.717, 1.165) is 25.7 Å². The van der Waals surface area contributed by atoms with Gasteiger partial charge < -0.3 is 14.2 Å². The van der Waals surface area contributed by atoms with E-state index in [1.807, 2.05) is 0 Å². The van der Waals surface area contributed by atoms with E-state index in [0.29, 0.717) is 17.4 Å². The zero-order valence-electron chi connectivity index (χ0n) is 10.0. The third kappa shape index (κ3) is 1.88. The number of methoxy groups -OCH3 is 1. The number of esters is 1. The van der Waals surface area contributed by atoms with Crippen LogP contribution in [0.4, 0.5) is 0 Å². The number of carbonyl (C=O) groups excluding carboxylic acids is 1. The lowest BCUT2D eigenvalue weighted by atomic mass is 9.86. The Labute approximate surface area is 95.6 Å². The monoisotopic (exact) mass is 226 g/mol. The van der Waals surface area contributed by atoms with E-state index >= 15 is 0 Å². The van der Waals surface area contributed by atoms with Gasteiger partial charge in [-0.1, -0.05) is 6.92 Å². The normalized spacial score (nSPS) is 34.7. The number of ether oxygens (including phenoxy) is 3. The van der Waals surface area contributed by atoms with Crippen LogP contribution in [0.1, 0.15) is 39.5 Å².